The van der Waals surface area contributed by atoms with Crippen LogP contribution >= 0.6 is 0 Å². The summed E-state index contributed by atoms with van der Waals surface area (Å²) in [6, 6.07) is 0. The fourth-order valence-electron chi connectivity index (χ4n) is 4.29. The Balaban J connectivity index is 1.96. The maximum atomic E-state index is 4.41. The summed E-state index contributed by atoms with van der Waals surface area (Å²) in [6.07, 6.45) is 14.0. The van der Waals surface area contributed by atoms with Gasteiger partial charge in [0.2, 0.25) is 0 Å². The summed E-state index contributed by atoms with van der Waals surface area (Å²) < 4.78 is 0. The van der Waals surface area contributed by atoms with Crippen molar-refractivity contribution in [2.24, 2.45) is 17.3 Å². The van der Waals surface area contributed by atoms with Crippen LogP contribution in [0.25, 0.3) is 0 Å². The molecule has 1 saturated carbocycles. The topological polar surface area (TPSA) is 0 Å². The van der Waals surface area contributed by atoms with Gasteiger partial charge in [0.1, 0.15) is 0 Å². The Morgan fingerprint density at radius 1 is 1.40 bits per heavy atom. The monoisotopic (exact) mass is 272 g/mol. The molecule has 0 amide bonds. The molecule has 0 nitrogen and oxygen atoms in total. The zero-order chi connectivity index (χ0) is 14.8. The van der Waals surface area contributed by atoms with Gasteiger partial charge < -0.3 is 0 Å². The molecule has 0 radical (unpaired) electrons. The molecule has 20 heavy (non-hydrogen) atoms. The minimum absolute atomic E-state index is 0.579. The summed E-state index contributed by atoms with van der Waals surface area (Å²) >= 11 is 0. The van der Waals surface area contributed by atoms with E-state index in [0.29, 0.717) is 5.41 Å². The third-order valence-corrected chi connectivity index (χ3v) is 5.75. The standard InChI is InChI=1S/C20H32/c1-15(2)8-6-9-16(3)18-11-13-20(5)12-7-10-17(4)19(20)14-18/h8,10,18-19H,3,6-7,9,11-14H2,1-2,4-5H3/t18-,19+,20-/m1/s1. The van der Waals surface area contributed by atoms with Gasteiger partial charge in [0, 0.05) is 0 Å². The van der Waals surface area contributed by atoms with Crippen LogP contribution in [0.5, 0.6) is 0 Å². The van der Waals surface area contributed by atoms with Crippen molar-refractivity contribution >= 4 is 0 Å². The van der Waals surface area contributed by atoms with Crippen molar-refractivity contribution in [1.29, 1.82) is 0 Å². The van der Waals surface area contributed by atoms with Crippen molar-refractivity contribution in [1.82, 2.24) is 0 Å². The lowest BCUT2D eigenvalue weighted by Gasteiger charge is -2.48. The molecule has 112 valence electrons. The average Bonchev–Trinajstić information content (AvgIpc) is 2.37. The molecule has 0 spiro atoms. The van der Waals surface area contributed by atoms with E-state index in [1.54, 1.807) is 5.57 Å². The van der Waals surface area contributed by atoms with Crippen molar-refractivity contribution in [3.05, 3.63) is 35.5 Å². The summed E-state index contributed by atoms with van der Waals surface area (Å²) in [5.74, 6) is 1.58. The van der Waals surface area contributed by atoms with Gasteiger partial charge in [-0.1, -0.05) is 42.4 Å². The van der Waals surface area contributed by atoms with Crippen LogP contribution in [0.1, 0.15) is 72.6 Å². The number of hydrogen-bond donors (Lipinski definition) is 0. The fraction of sp³-hybridized carbons (Fsp3) is 0.700. The van der Waals surface area contributed by atoms with Gasteiger partial charge in [-0.15, -0.1) is 0 Å². The Hall–Kier alpha value is -0.780. The number of rotatable bonds is 4. The lowest BCUT2D eigenvalue weighted by Crippen LogP contribution is -2.37. The quantitative estimate of drug-likeness (QED) is 0.516. The first-order valence-corrected chi connectivity index (χ1v) is 8.40. The van der Waals surface area contributed by atoms with E-state index in [4.69, 9.17) is 0 Å². The average molecular weight is 272 g/mol. The summed E-state index contributed by atoms with van der Waals surface area (Å²) in [7, 11) is 0. The van der Waals surface area contributed by atoms with Crippen molar-refractivity contribution in [3.63, 3.8) is 0 Å². The van der Waals surface area contributed by atoms with Gasteiger partial charge in [-0.05, 0) is 83.0 Å². The fourth-order valence-corrected chi connectivity index (χ4v) is 4.29. The van der Waals surface area contributed by atoms with Crippen LogP contribution < -0.4 is 0 Å². The van der Waals surface area contributed by atoms with E-state index in [9.17, 15) is 0 Å². The maximum Gasteiger partial charge on any atom is -0.0146 e. The maximum absolute atomic E-state index is 4.41. The van der Waals surface area contributed by atoms with E-state index in [-0.39, 0.29) is 0 Å². The number of hydrogen-bond acceptors (Lipinski definition) is 0. The second kappa shape index (κ2) is 6.33. The highest BCUT2D eigenvalue weighted by Gasteiger charge is 2.41. The van der Waals surface area contributed by atoms with Gasteiger partial charge in [-0.3, -0.25) is 0 Å². The molecule has 0 unspecified atom stereocenters. The third-order valence-electron chi connectivity index (χ3n) is 5.75. The van der Waals surface area contributed by atoms with Crippen LogP contribution in [0.15, 0.2) is 35.5 Å². The van der Waals surface area contributed by atoms with E-state index in [1.165, 1.54) is 56.1 Å². The Morgan fingerprint density at radius 3 is 2.85 bits per heavy atom. The Bertz CT molecular complexity index is 419. The van der Waals surface area contributed by atoms with Crippen LogP contribution in [-0.2, 0) is 0 Å². The lowest BCUT2D eigenvalue weighted by atomic mass is 9.57. The van der Waals surface area contributed by atoms with E-state index in [2.05, 4.69) is 46.4 Å². The molecule has 0 bridgehead atoms. The molecule has 0 N–H and O–H groups in total. The molecule has 3 atom stereocenters. The van der Waals surface area contributed by atoms with Crippen LogP contribution in [0.3, 0.4) is 0 Å². The van der Waals surface area contributed by atoms with Crippen LogP contribution in [0.4, 0.5) is 0 Å². The predicted molar refractivity (Wildman–Crippen MR) is 89.7 cm³/mol. The molecule has 1 fully saturated rings. The molecule has 2 rings (SSSR count). The van der Waals surface area contributed by atoms with Gasteiger partial charge in [0.25, 0.3) is 0 Å². The lowest BCUT2D eigenvalue weighted by molar-refractivity contribution is 0.0972. The first kappa shape index (κ1) is 15.6. The summed E-state index contributed by atoms with van der Waals surface area (Å²) in [6.45, 7) is 13.7. The van der Waals surface area contributed by atoms with Crippen molar-refractivity contribution in [3.8, 4) is 0 Å². The molecule has 0 aromatic carbocycles. The van der Waals surface area contributed by atoms with Crippen LogP contribution in [0.2, 0.25) is 0 Å². The normalized spacial score (nSPS) is 33.1. The molecule has 0 aromatic rings. The molecule has 0 heterocycles. The van der Waals surface area contributed by atoms with Gasteiger partial charge in [-0.2, -0.15) is 0 Å². The predicted octanol–water partition coefficient (Wildman–Crippen LogP) is 6.45. The summed E-state index contributed by atoms with van der Waals surface area (Å²) in [5, 5.41) is 0. The van der Waals surface area contributed by atoms with E-state index >= 15 is 0 Å². The van der Waals surface area contributed by atoms with Crippen molar-refractivity contribution in [2.75, 3.05) is 0 Å². The summed E-state index contributed by atoms with van der Waals surface area (Å²) in [5.41, 5.74) is 5.17. The van der Waals surface area contributed by atoms with Crippen LogP contribution in [0, 0.1) is 17.3 Å². The first-order chi connectivity index (χ1) is 9.42. The molecule has 2 aliphatic rings. The highest BCUT2D eigenvalue weighted by Crippen LogP contribution is 2.53. The van der Waals surface area contributed by atoms with E-state index < -0.39 is 0 Å². The van der Waals surface area contributed by atoms with Gasteiger partial charge >= 0.3 is 0 Å². The van der Waals surface area contributed by atoms with Gasteiger partial charge in [0.15, 0.2) is 0 Å². The van der Waals surface area contributed by atoms with Gasteiger partial charge in [-0.25, -0.2) is 0 Å². The first-order valence-electron chi connectivity index (χ1n) is 8.40. The molecule has 0 aliphatic heterocycles. The Morgan fingerprint density at radius 2 is 2.15 bits per heavy atom. The molecular formula is C20H32. The molecule has 2 aliphatic carbocycles. The number of fused-ring (bicyclic) bond motifs is 1. The SMILES string of the molecule is C=C(CCC=C(C)C)[C@@H]1CC[C@@]2(C)CCC=C(C)[C@@H]2C1. The second-order valence-electron chi connectivity index (χ2n) is 7.64. The second-order valence-corrected chi connectivity index (χ2v) is 7.64. The van der Waals surface area contributed by atoms with Gasteiger partial charge in [0.05, 0.1) is 0 Å². The number of allylic oxidation sites excluding steroid dienone is 5. The van der Waals surface area contributed by atoms with Crippen molar-refractivity contribution in [2.45, 2.75) is 72.6 Å². The third kappa shape index (κ3) is 3.45. The molecular weight excluding hydrogens is 240 g/mol. The molecule has 0 aromatic heterocycles. The Labute approximate surface area is 126 Å². The minimum Gasteiger partial charge on any atom is -0.0996 e. The Kier molecular flexibility index (Phi) is 4.94. The highest BCUT2D eigenvalue weighted by molar-refractivity contribution is 5.17. The van der Waals surface area contributed by atoms with E-state index in [1.807, 2.05) is 0 Å². The van der Waals surface area contributed by atoms with Crippen molar-refractivity contribution < 1.29 is 0 Å². The minimum atomic E-state index is 0.579. The zero-order valence-corrected chi connectivity index (χ0v) is 14.0. The zero-order valence-electron chi connectivity index (χ0n) is 14.0. The molecule has 0 heteroatoms. The smallest absolute Gasteiger partial charge is 0.0146 e. The highest BCUT2D eigenvalue weighted by atomic mass is 14.5. The van der Waals surface area contributed by atoms with Crippen LogP contribution in [-0.4, -0.2) is 0 Å². The molecule has 0 saturated heterocycles. The largest absolute Gasteiger partial charge is 0.0996 e. The summed E-state index contributed by atoms with van der Waals surface area (Å²) in [4.78, 5) is 0. The van der Waals surface area contributed by atoms with E-state index in [0.717, 1.165) is 11.8 Å².